The molecule has 0 atom stereocenters. The third-order valence-electron chi connectivity index (χ3n) is 2.16. The molecule has 11 heavy (non-hydrogen) atoms. The van der Waals surface area contributed by atoms with Gasteiger partial charge in [0.05, 0.1) is 6.61 Å². The summed E-state index contributed by atoms with van der Waals surface area (Å²) < 4.78 is 0. The van der Waals surface area contributed by atoms with Crippen LogP contribution >= 0.6 is 0 Å². The van der Waals surface area contributed by atoms with Crippen molar-refractivity contribution in [2.24, 2.45) is 5.92 Å². The fraction of sp³-hybridized carbons (Fsp3) is 0.778. The van der Waals surface area contributed by atoms with Crippen LogP contribution in [0.5, 0.6) is 0 Å². The van der Waals surface area contributed by atoms with E-state index in [0.29, 0.717) is 0 Å². The van der Waals surface area contributed by atoms with E-state index in [2.05, 4.69) is 24.1 Å². The highest BCUT2D eigenvalue weighted by molar-refractivity contribution is 4.94. The highest BCUT2D eigenvalue weighted by Gasteiger charge is 2.11. The molecule has 64 valence electrons. The van der Waals surface area contributed by atoms with Crippen LogP contribution < -0.4 is 0 Å². The Morgan fingerprint density at radius 3 is 2.64 bits per heavy atom. The minimum absolute atomic E-state index is 0.274. The second-order valence-electron chi connectivity index (χ2n) is 3.29. The van der Waals surface area contributed by atoms with Crippen molar-refractivity contribution < 1.29 is 5.11 Å². The predicted octanol–water partition coefficient (Wildman–Crippen LogP) is 0.877. The number of aliphatic hydroxyl groups is 1. The number of nitrogens with zero attached hydrogens (tertiary/aromatic N) is 1. The molecular formula is C9H17NO. The van der Waals surface area contributed by atoms with E-state index >= 15 is 0 Å². The van der Waals surface area contributed by atoms with Crippen molar-refractivity contribution in [1.82, 2.24) is 4.90 Å². The Hall–Kier alpha value is -0.340. The van der Waals surface area contributed by atoms with Gasteiger partial charge in [-0.3, -0.25) is 0 Å². The zero-order valence-corrected chi connectivity index (χ0v) is 7.16. The number of allylic oxidation sites excluding steroid dienone is 2. The van der Waals surface area contributed by atoms with Crippen LogP contribution in [0.2, 0.25) is 0 Å². The molecule has 0 spiro atoms. The monoisotopic (exact) mass is 155 g/mol. The maximum absolute atomic E-state index is 8.65. The van der Waals surface area contributed by atoms with E-state index in [1.807, 2.05) is 0 Å². The van der Waals surface area contributed by atoms with Gasteiger partial charge in [0.15, 0.2) is 0 Å². The summed E-state index contributed by atoms with van der Waals surface area (Å²) >= 11 is 0. The zero-order chi connectivity index (χ0) is 8.10. The van der Waals surface area contributed by atoms with Gasteiger partial charge in [-0.1, -0.05) is 12.2 Å². The van der Waals surface area contributed by atoms with Gasteiger partial charge in [0.1, 0.15) is 0 Å². The molecule has 0 saturated heterocycles. The lowest BCUT2D eigenvalue weighted by atomic mass is 10.1. The average Bonchev–Trinajstić information content (AvgIpc) is 2.40. The van der Waals surface area contributed by atoms with Crippen LogP contribution in [0.4, 0.5) is 0 Å². The molecule has 0 aromatic heterocycles. The van der Waals surface area contributed by atoms with Crippen molar-refractivity contribution in [2.45, 2.75) is 12.8 Å². The highest BCUT2D eigenvalue weighted by Crippen LogP contribution is 2.17. The van der Waals surface area contributed by atoms with Crippen molar-refractivity contribution >= 4 is 0 Å². The number of hydrogen-bond acceptors (Lipinski definition) is 2. The summed E-state index contributed by atoms with van der Waals surface area (Å²) in [5, 5.41) is 8.65. The molecule has 1 rings (SSSR count). The number of hydrogen-bond donors (Lipinski definition) is 1. The van der Waals surface area contributed by atoms with Gasteiger partial charge >= 0.3 is 0 Å². The maximum atomic E-state index is 8.65. The summed E-state index contributed by atoms with van der Waals surface area (Å²) in [4.78, 5) is 2.19. The van der Waals surface area contributed by atoms with E-state index in [1.54, 1.807) is 0 Å². The molecule has 0 bridgehead atoms. The quantitative estimate of drug-likeness (QED) is 0.609. The van der Waals surface area contributed by atoms with Gasteiger partial charge in [0.2, 0.25) is 0 Å². The Labute approximate surface area is 68.5 Å². The fourth-order valence-electron chi connectivity index (χ4n) is 1.53. The summed E-state index contributed by atoms with van der Waals surface area (Å²) in [5.41, 5.74) is 0. The minimum atomic E-state index is 0.274. The maximum Gasteiger partial charge on any atom is 0.0558 e. The van der Waals surface area contributed by atoms with Gasteiger partial charge < -0.3 is 10.0 Å². The first-order chi connectivity index (χ1) is 5.33. The van der Waals surface area contributed by atoms with Gasteiger partial charge in [-0.2, -0.15) is 0 Å². The molecule has 2 heteroatoms. The Morgan fingerprint density at radius 2 is 2.09 bits per heavy atom. The molecule has 1 N–H and O–H groups in total. The fourth-order valence-corrected chi connectivity index (χ4v) is 1.53. The molecule has 2 nitrogen and oxygen atoms in total. The Morgan fingerprint density at radius 1 is 1.45 bits per heavy atom. The first kappa shape index (κ1) is 8.75. The van der Waals surface area contributed by atoms with Crippen LogP contribution in [0, 0.1) is 5.92 Å². The van der Waals surface area contributed by atoms with Crippen LogP contribution in [0.3, 0.4) is 0 Å². The smallest absolute Gasteiger partial charge is 0.0558 e. The van der Waals surface area contributed by atoms with Crippen molar-refractivity contribution in [1.29, 1.82) is 0 Å². The first-order valence-electron chi connectivity index (χ1n) is 4.27. The molecule has 0 amide bonds. The second-order valence-corrected chi connectivity index (χ2v) is 3.29. The van der Waals surface area contributed by atoms with E-state index in [-0.39, 0.29) is 6.61 Å². The second kappa shape index (κ2) is 4.52. The van der Waals surface area contributed by atoms with E-state index in [4.69, 9.17) is 5.11 Å². The third kappa shape index (κ3) is 3.04. The highest BCUT2D eigenvalue weighted by atomic mass is 16.3. The predicted molar refractivity (Wildman–Crippen MR) is 46.4 cm³/mol. The summed E-state index contributed by atoms with van der Waals surface area (Å²) in [7, 11) is 2.06. The van der Waals surface area contributed by atoms with Crippen molar-refractivity contribution in [3.63, 3.8) is 0 Å². The topological polar surface area (TPSA) is 23.5 Å². The zero-order valence-electron chi connectivity index (χ0n) is 7.16. The number of rotatable bonds is 4. The van der Waals surface area contributed by atoms with Crippen molar-refractivity contribution in [3.8, 4) is 0 Å². The van der Waals surface area contributed by atoms with Gasteiger partial charge in [-0.05, 0) is 25.8 Å². The molecule has 0 aliphatic heterocycles. The summed E-state index contributed by atoms with van der Waals surface area (Å²) in [6.45, 7) is 2.20. The molecule has 1 aliphatic carbocycles. The van der Waals surface area contributed by atoms with E-state index in [1.165, 1.54) is 12.8 Å². The lowest BCUT2D eigenvalue weighted by Crippen LogP contribution is -2.27. The van der Waals surface area contributed by atoms with E-state index < -0.39 is 0 Å². The lowest BCUT2D eigenvalue weighted by Gasteiger charge is -2.19. The molecule has 1 aliphatic rings. The largest absolute Gasteiger partial charge is 0.395 e. The average molecular weight is 155 g/mol. The number of likely N-dealkylation sites (N-methyl/N-ethyl adjacent to an activating group) is 1. The standard InChI is InChI=1S/C9H17NO/c1-10(6-7-11)8-9-4-2-3-5-9/h2-3,9,11H,4-8H2,1H3. The molecule has 0 aromatic rings. The molecule has 0 unspecified atom stereocenters. The van der Waals surface area contributed by atoms with Gasteiger partial charge in [-0.15, -0.1) is 0 Å². The van der Waals surface area contributed by atoms with E-state index in [9.17, 15) is 0 Å². The summed E-state index contributed by atoms with van der Waals surface area (Å²) in [6, 6.07) is 0. The summed E-state index contributed by atoms with van der Waals surface area (Å²) in [6.07, 6.45) is 6.93. The normalized spacial score (nSPS) is 18.5. The van der Waals surface area contributed by atoms with Crippen LogP contribution in [0.1, 0.15) is 12.8 Å². The lowest BCUT2D eigenvalue weighted by molar-refractivity contribution is 0.204. The Kier molecular flexibility index (Phi) is 3.60. The van der Waals surface area contributed by atoms with Crippen LogP contribution in [-0.2, 0) is 0 Å². The Balaban J connectivity index is 2.09. The van der Waals surface area contributed by atoms with Gasteiger partial charge in [0.25, 0.3) is 0 Å². The molecule has 0 saturated carbocycles. The molecule has 0 aromatic carbocycles. The Bertz CT molecular complexity index is 126. The summed E-state index contributed by atoms with van der Waals surface area (Å²) in [5.74, 6) is 0.798. The van der Waals surface area contributed by atoms with Crippen molar-refractivity contribution in [2.75, 3.05) is 26.7 Å². The number of aliphatic hydroxyl groups excluding tert-OH is 1. The minimum Gasteiger partial charge on any atom is -0.395 e. The van der Waals surface area contributed by atoms with Crippen LogP contribution in [-0.4, -0.2) is 36.8 Å². The van der Waals surface area contributed by atoms with Crippen LogP contribution in [0.25, 0.3) is 0 Å². The molecular weight excluding hydrogens is 138 g/mol. The van der Waals surface area contributed by atoms with Crippen molar-refractivity contribution in [3.05, 3.63) is 12.2 Å². The van der Waals surface area contributed by atoms with Crippen LogP contribution in [0.15, 0.2) is 12.2 Å². The SMILES string of the molecule is CN(CCO)CC1CC=CC1. The van der Waals surface area contributed by atoms with Gasteiger partial charge in [0, 0.05) is 13.1 Å². The molecule has 0 radical (unpaired) electrons. The molecule has 0 heterocycles. The first-order valence-corrected chi connectivity index (χ1v) is 4.27. The third-order valence-corrected chi connectivity index (χ3v) is 2.16. The van der Waals surface area contributed by atoms with Gasteiger partial charge in [-0.25, -0.2) is 0 Å². The molecule has 0 fully saturated rings. The van der Waals surface area contributed by atoms with E-state index in [0.717, 1.165) is 19.0 Å².